The SMILES string of the molecule is CC(C)C[C@H](NC(=O)[C@@H](Cc1c[nH]c2ccccc12)NC(=O)[C@H](Cc1ccc(O)cc1)NC(=O)[C@H](CO)NC(=O)[C@H](Cc1c[nH]c2ccccc12)NC(=O)[C@H](Cc1c[nH]cn1)NC(=O)CCc1c[nH]cn1)C(=O)O. The molecule has 13 N–H and O–H groups in total. The normalized spacial score (nSPS) is 13.8. The number of carboxylic acids is 1. The third-order valence-electron chi connectivity index (χ3n) is 12.4. The van der Waals surface area contributed by atoms with Crippen LogP contribution in [0.1, 0.15) is 54.8 Å². The summed E-state index contributed by atoms with van der Waals surface area (Å²) in [5.74, 6) is -6.24. The van der Waals surface area contributed by atoms with E-state index in [4.69, 9.17) is 0 Å². The van der Waals surface area contributed by atoms with Crippen molar-refractivity contribution >= 4 is 63.2 Å². The molecule has 74 heavy (non-hydrogen) atoms. The molecular formula is C52H60N12O10. The van der Waals surface area contributed by atoms with Crippen LogP contribution in [-0.2, 0) is 65.7 Å². The van der Waals surface area contributed by atoms with E-state index in [0.717, 1.165) is 21.8 Å². The van der Waals surface area contributed by atoms with E-state index < -0.39 is 84.3 Å². The highest BCUT2D eigenvalue weighted by molar-refractivity contribution is 5.98. The second-order valence-electron chi connectivity index (χ2n) is 18.4. The first-order valence-corrected chi connectivity index (χ1v) is 24.1. The predicted octanol–water partition coefficient (Wildman–Crippen LogP) is 1.74. The summed E-state index contributed by atoms with van der Waals surface area (Å²) in [4.78, 5) is 117. The zero-order chi connectivity index (χ0) is 52.7. The Hall–Kier alpha value is -8.79. The lowest BCUT2D eigenvalue weighted by Gasteiger charge is -2.27. The summed E-state index contributed by atoms with van der Waals surface area (Å²) in [6, 6.07) is 11.9. The molecule has 0 fully saturated rings. The van der Waals surface area contributed by atoms with Crippen molar-refractivity contribution in [1.29, 1.82) is 0 Å². The first-order chi connectivity index (χ1) is 35.6. The maximum absolute atomic E-state index is 14.5. The number of aromatic hydroxyl groups is 1. The molecule has 0 aliphatic heterocycles. The number of aliphatic hydroxyl groups excluding tert-OH is 1. The summed E-state index contributed by atoms with van der Waals surface area (Å²) in [5, 5.41) is 48.2. The highest BCUT2D eigenvalue weighted by atomic mass is 16.4. The van der Waals surface area contributed by atoms with Gasteiger partial charge >= 0.3 is 5.97 Å². The smallest absolute Gasteiger partial charge is 0.326 e. The molecule has 4 heterocycles. The predicted molar refractivity (Wildman–Crippen MR) is 271 cm³/mol. The second-order valence-corrected chi connectivity index (χ2v) is 18.4. The molecule has 22 heteroatoms. The van der Waals surface area contributed by atoms with Crippen molar-refractivity contribution in [2.45, 2.75) is 95.0 Å². The van der Waals surface area contributed by atoms with Gasteiger partial charge in [-0.1, -0.05) is 62.4 Å². The maximum Gasteiger partial charge on any atom is 0.326 e. The zero-order valence-electron chi connectivity index (χ0n) is 40.7. The topological polar surface area (TPSA) is 341 Å². The quantitative estimate of drug-likeness (QED) is 0.0369. The summed E-state index contributed by atoms with van der Waals surface area (Å²) in [7, 11) is 0. The Balaban J connectivity index is 1.13. The monoisotopic (exact) mass is 1010 g/mol. The number of carbonyl (C=O) groups excluding carboxylic acids is 6. The van der Waals surface area contributed by atoms with E-state index in [-0.39, 0.29) is 56.6 Å². The Kier molecular flexibility index (Phi) is 17.9. The number of aliphatic carboxylic acids is 1. The van der Waals surface area contributed by atoms with E-state index in [1.807, 2.05) is 36.4 Å². The highest BCUT2D eigenvalue weighted by Crippen LogP contribution is 2.22. The Bertz CT molecular complexity index is 3020. The van der Waals surface area contributed by atoms with E-state index in [9.17, 15) is 48.9 Å². The van der Waals surface area contributed by atoms with Crippen molar-refractivity contribution in [3.05, 3.63) is 138 Å². The van der Waals surface area contributed by atoms with E-state index in [1.165, 1.54) is 36.9 Å². The Morgan fingerprint density at radius 1 is 0.541 bits per heavy atom. The molecule has 6 amide bonds. The van der Waals surface area contributed by atoms with Crippen LogP contribution >= 0.6 is 0 Å². The van der Waals surface area contributed by atoms with Crippen LogP contribution in [0.5, 0.6) is 5.75 Å². The molecule has 0 aliphatic rings. The Morgan fingerprint density at radius 2 is 1.00 bits per heavy atom. The van der Waals surface area contributed by atoms with Crippen LogP contribution in [0.15, 0.2) is 110 Å². The molecule has 388 valence electrons. The fraction of sp³-hybridized carbons (Fsp3) is 0.327. The number of carboxylic acid groups (broad SMARTS) is 1. The van der Waals surface area contributed by atoms with Gasteiger partial charge in [0.05, 0.1) is 30.6 Å². The number of aromatic amines is 4. The number of hydrogen-bond acceptors (Lipinski definition) is 11. The van der Waals surface area contributed by atoms with Crippen molar-refractivity contribution in [3.8, 4) is 5.75 Å². The molecule has 3 aromatic carbocycles. The summed E-state index contributed by atoms with van der Waals surface area (Å²) in [6.07, 6.45) is 9.38. The number of benzene rings is 3. The highest BCUT2D eigenvalue weighted by Gasteiger charge is 2.35. The van der Waals surface area contributed by atoms with Gasteiger partial charge in [0.25, 0.3) is 0 Å². The number of carbonyl (C=O) groups is 7. The van der Waals surface area contributed by atoms with Gasteiger partial charge in [-0.2, -0.15) is 0 Å². The largest absolute Gasteiger partial charge is 0.508 e. The third-order valence-corrected chi connectivity index (χ3v) is 12.4. The maximum atomic E-state index is 14.5. The molecule has 22 nitrogen and oxygen atoms in total. The Labute approximate surface area is 424 Å². The Morgan fingerprint density at radius 3 is 1.49 bits per heavy atom. The molecule has 0 unspecified atom stereocenters. The van der Waals surface area contributed by atoms with Crippen molar-refractivity contribution in [3.63, 3.8) is 0 Å². The number of rotatable bonds is 26. The van der Waals surface area contributed by atoms with Crippen molar-refractivity contribution in [2.75, 3.05) is 6.61 Å². The lowest BCUT2D eigenvalue weighted by atomic mass is 10.00. The number of aromatic nitrogens is 6. The average molecular weight is 1010 g/mol. The van der Waals surface area contributed by atoms with Gasteiger partial charge in [-0.3, -0.25) is 28.8 Å². The van der Waals surface area contributed by atoms with E-state index in [0.29, 0.717) is 28.1 Å². The molecule has 0 spiro atoms. The number of imidazole rings is 2. The van der Waals surface area contributed by atoms with E-state index >= 15 is 0 Å². The molecular weight excluding hydrogens is 953 g/mol. The number of aliphatic hydroxyl groups is 1. The van der Waals surface area contributed by atoms with Crippen LogP contribution in [-0.4, -0.2) is 129 Å². The van der Waals surface area contributed by atoms with E-state index in [1.54, 1.807) is 50.8 Å². The van der Waals surface area contributed by atoms with Crippen molar-refractivity contribution in [2.24, 2.45) is 5.92 Å². The number of nitrogens with one attached hydrogen (secondary N) is 10. The van der Waals surface area contributed by atoms with Gasteiger partial charge in [0.1, 0.15) is 42.0 Å². The van der Waals surface area contributed by atoms with Gasteiger partial charge in [-0.15, -0.1) is 0 Å². The van der Waals surface area contributed by atoms with E-state index in [2.05, 4.69) is 61.8 Å². The molecule has 7 aromatic rings. The standard InChI is InChI=1S/C52H60N12O10/c1-29(2)17-44(52(73)74)63-48(69)41(19-31-22-55-38-9-5-3-7-36(31)38)61-47(68)40(18-30-11-14-35(66)15-12-30)60-51(72)45(26-65)64-49(70)42(20-32-23-56-39-10-6-4-8-37(32)39)62-50(71)43(21-34-25-54-28-58-34)59-46(67)16-13-33-24-53-27-57-33/h3-12,14-15,22-25,27-29,40-45,55-56,65-66H,13,16-21,26H2,1-2H3,(H,53,57)(H,54,58)(H,59,67)(H,60,72)(H,61,68)(H,62,71)(H,63,69)(H,64,70)(H,73,74)/t40-,41+,42-,43-,44-,45-/m0/s1. The first kappa shape index (κ1) is 53.0. The molecule has 7 rings (SSSR count). The number of para-hydroxylation sites is 2. The van der Waals surface area contributed by atoms with Gasteiger partial charge in [-0.05, 0) is 59.7 Å². The molecule has 0 aliphatic carbocycles. The minimum absolute atomic E-state index is 0.00502. The lowest BCUT2D eigenvalue weighted by molar-refractivity contribution is -0.142. The van der Waals surface area contributed by atoms with Crippen LogP contribution < -0.4 is 31.9 Å². The van der Waals surface area contributed by atoms with Crippen LogP contribution in [0, 0.1) is 5.92 Å². The minimum atomic E-state index is -1.71. The van der Waals surface area contributed by atoms with Gasteiger partial charge in [0.2, 0.25) is 35.4 Å². The molecule has 4 aromatic heterocycles. The molecule has 0 radical (unpaired) electrons. The van der Waals surface area contributed by atoms with Crippen LogP contribution in [0.2, 0.25) is 0 Å². The van der Waals surface area contributed by atoms with Gasteiger partial charge < -0.3 is 67.2 Å². The number of phenols is 1. The number of phenolic OH excluding ortho intramolecular Hbond substituents is 1. The number of fused-ring (bicyclic) bond motifs is 2. The molecule has 0 bridgehead atoms. The van der Waals surface area contributed by atoms with Gasteiger partial charge in [-0.25, -0.2) is 14.8 Å². The number of nitrogens with zero attached hydrogens (tertiary/aromatic N) is 2. The summed E-state index contributed by atoms with van der Waals surface area (Å²) < 4.78 is 0. The molecule has 0 saturated heterocycles. The zero-order valence-corrected chi connectivity index (χ0v) is 40.7. The molecule has 6 atom stereocenters. The van der Waals surface area contributed by atoms with Crippen LogP contribution in [0.25, 0.3) is 21.8 Å². The average Bonchev–Trinajstić information content (AvgIpc) is 4.24. The first-order valence-electron chi connectivity index (χ1n) is 24.1. The number of H-pyrrole nitrogens is 4. The van der Waals surface area contributed by atoms with Crippen molar-refractivity contribution < 1.29 is 48.9 Å². The number of aryl methyl sites for hydroxylation is 1. The number of amides is 6. The van der Waals surface area contributed by atoms with Crippen LogP contribution in [0.3, 0.4) is 0 Å². The van der Waals surface area contributed by atoms with Gasteiger partial charge in [0, 0.05) is 78.7 Å². The summed E-state index contributed by atoms with van der Waals surface area (Å²) in [6.45, 7) is 2.64. The molecule has 0 saturated carbocycles. The minimum Gasteiger partial charge on any atom is -0.508 e. The van der Waals surface area contributed by atoms with Gasteiger partial charge in [0.15, 0.2) is 0 Å². The van der Waals surface area contributed by atoms with Crippen LogP contribution in [0.4, 0.5) is 0 Å². The summed E-state index contributed by atoms with van der Waals surface area (Å²) >= 11 is 0. The third kappa shape index (κ3) is 14.4. The fourth-order valence-corrected chi connectivity index (χ4v) is 8.54. The number of hydrogen-bond donors (Lipinski definition) is 13. The van der Waals surface area contributed by atoms with Crippen molar-refractivity contribution in [1.82, 2.24) is 61.8 Å². The lowest BCUT2D eigenvalue weighted by Crippen LogP contribution is -2.61. The summed E-state index contributed by atoms with van der Waals surface area (Å²) in [5.41, 5.74) is 4.30. The fourth-order valence-electron chi connectivity index (χ4n) is 8.54. The second kappa shape index (κ2) is 25.0.